The average Bonchev–Trinajstić information content (AvgIpc) is 3.21. The van der Waals surface area contributed by atoms with E-state index < -0.39 is 0 Å². The van der Waals surface area contributed by atoms with Crippen molar-refractivity contribution in [3.8, 4) is 0 Å². The topological polar surface area (TPSA) is 49.0 Å². The molecule has 0 saturated heterocycles. The second-order valence-electron chi connectivity index (χ2n) is 5.14. The van der Waals surface area contributed by atoms with Crippen molar-refractivity contribution in [2.45, 2.75) is 11.3 Å². The van der Waals surface area contributed by atoms with Crippen molar-refractivity contribution in [1.82, 2.24) is 4.90 Å². The van der Waals surface area contributed by atoms with Gasteiger partial charge in [-0.1, -0.05) is 11.8 Å². The second-order valence-corrected chi connectivity index (χ2v) is 7.05. The van der Waals surface area contributed by atoms with Gasteiger partial charge in [0.2, 0.25) is 0 Å². The Balaban J connectivity index is 1.91. The number of fused-ring (bicyclic) bond motifs is 2. The molecule has 4 nitrogen and oxygen atoms in total. The zero-order chi connectivity index (χ0) is 15.1. The number of aliphatic imine (C=N–C) groups is 1. The second kappa shape index (κ2) is 5.68. The van der Waals surface area contributed by atoms with Crippen molar-refractivity contribution in [1.29, 1.82) is 0 Å². The van der Waals surface area contributed by atoms with Crippen molar-refractivity contribution >= 4 is 45.4 Å². The van der Waals surface area contributed by atoms with Crippen LogP contribution < -0.4 is 0 Å². The van der Waals surface area contributed by atoms with Gasteiger partial charge in [0.05, 0.1) is 18.5 Å². The lowest BCUT2D eigenvalue weighted by molar-refractivity contribution is 0.301. The van der Waals surface area contributed by atoms with Gasteiger partial charge in [0, 0.05) is 40.3 Å². The third-order valence-corrected chi connectivity index (χ3v) is 5.91. The van der Waals surface area contributed by atoms with Crippen LogP contribution in [0.1, 0.15) is 12.0 Å². The highest BCUT2D eigenvalue weighted by molar-refractivity contribution is 8.17. The molecule has 22 heavy (non-hydrogen) atoms. The molecule has 0 aliphatic carbocycles. The molecular weight excluding hydrogens is 316 g/mol. The molecule has 0 unspecified atom stereocenters. The van der Waals surface area contributed by atoms with Crippen molar-refractivity contribution in [3.05, 3.63) is 34.9 Å². The lowest BCUT2D eigenvalue weighted by atomic mass is 10.1. The maximum atomic E-state index is 9.38. The molecule has 0 atom stereocenters. The maximum Gasteiger partial charge on any atom is 0.168 e. The van der Waals surface area contributed by atoms with Gasteiger partial charge in [0.15, 0.2) is 5.17 Å². The van der Waals surface area contributed by atoms with Crippen LogP contribution in [0.3, 0.4) is 0 Å². The van der Waals surface area contributed by atoms with Crippen molar-refractivity contribution < 1.29 is 9.52 Å². The molecule has 0 fully saturated rings. The Morgan fingerprint density at radius 2 is 2.32 bits per heavy atom. The van der Waals surface area contributed by atoms with Gasteiger partial charge in [0.25, 0.3) is 0 Å². The normalized spacial score (nSPS) is 17.5. The van der Waals surface area contributed by atoms with E-state index in [4.69, 9.17) is 4.42 Å². The predicted molar refractivity (Wildman–Crippen MR) is 93.2 cm³/mol. The van der Waals surface area contributed by atoms with Gasteiger partial charge in [-0.05, 0) is 24.5 Å². The Morgan fingerprint density at radius 1 is 1.41 bits per heavy atom. The van der Waals surface area contributed by atoms with E-state index in [9.17, 15) is 5.11 Å². The molecule has 1 aromatic heterocycles. The highest BCUT2D eigenvalue weighted by Crippen LogP contribution is 2.45. The van der Waals surface area contributed by atoms with Crippen LogP contribution in [0.25, 0.3) is 16.7 Å². The van der Waals surface area contributed by atoms with Gasteiger partial charge >= 0.3 is 0 Å². The SMILES string of the molecule is CSc1ccc(C2=C(CCO)SC3=NCCN32)c2occc12. The highest BCUT2D eigenvalue weighted by Gasteiger charge is 2.34. The van der Waals surface area contributed by atoms with E-state index in [0.717, 1.165) is 40.5 Å². The largest absolute Gasteiger partial charge is 0.464 e. The van der Waals surface area contributed by atoms with E-state index in [-0.39, 0.29) is 6.61 Å². The van der Waals surface area contributed by atoms with Gasteiger partial charge < -0.3 is 14.4 Å². The fourth-order valence-electron chi connectivity index (χ4n) is 3.00. The molecule has 2 aliphatic rings. The molecule has 0 amide bonds. The average molecular weight is 332 g/mol. The summed E-state index contributed by atoms with van der Waals surface area (Å²) in [6.07, 6.45) is 4.48. The quantitative estimate of drug-likeness (QED) is 0.867. The van der Waals surface area contributed by atoms with Gasteiger partial charge in [0.1, 0.15) is 5.58 Å². The van der Waals surface area contributed by atoms with E-state index >= 15 is 0 Å². The van der Waals surface area contributed by atoms with E-state index in [1.165, 1.54) is 9.80 Å². The van der Waals surface area contributed by atoms with Gasteiger partial charge in [-0.15, -0.1) is 11.8 Å². The fourth-order valence-corrected chi connectivity index (χ4v) is 4.76. The molecule has 0 spiro atoms. The Labute approximate surface area is 137 Å². The fraction of sp³-hybridized carbons (Fsp3) is 0.312. The minimum atomic E-state index is 0.150. The molecule has 114 valence electrons. The number of rotatable bonds is 4. The van der Waals surface area contributed by atoms with Crippen LogP contribution >= 0.6 is 23.5 Å². The first kappa shape index (κ1) is 14.2. The van der Waals surface area contributed by atoms with Crippen LogP contribution in [0.15, 0.2) is 43.7 Å². The van der Waals surface area contributed by atoms with Crippen LogP contribution in [-0.2, 0) is 0 Å². The lowest BCUT2D eigenvalue weighted by Crippen LogP contribution is -2.20. The van der Waals surface area contributed by atoms with Crippen molar-refractivity contribution in [2.24, 2.45) is 4.99 Å². The summed E-state index contributed by atoms with van der Waals surface area (Å²) < 4.78 is 5.79. The van der Waals surface area contributed by atoms with Gasteiger partial charge in [-0.3, -0.25) is 4.99 Å². The Morgan fingerprint density at radius 3 is 3.14 bits per heavy atom. The Kier molecular flexibility index (Phi) is 3.68. The number of hydrogen-bond donors (Lipinski definition) is 1. The predicted octanol–water partition coefficient (Wildman–Crippen LogP) is 3.62. The molecule has 1 aromatic carbocycles. The van der Waals surface area contributed by atoms with E-state index in [2.05, 4.69) is 28.3 Å². The van der Waals surface area contributed by atoms with Crippen molar-refractivity contribution in [3.63, 3.8) is 0 Å². The Hall–Kier alpha value is -1.37. The standard InChI is InChI=1S/C16H16N2O2S2/c1-21-12-3-2-11(15-10(12)5-9-20-15)14-13(4-8-19)22-16-17-6-7-18(14)16/h2-3,5,9,19H,4,6-8H2,1H3. The summed E-state index contributed by atoms with van der Waals surface area (Å²) >= 11 is 3.40. The number of aliphatic hydroxyl groups excluding tert-OH is 1. The molecule has 6 heteroatoms. The molecule has 3 heterocycles. The minimum Gasteiger partial charge on any atom is -0.464 e. The third-order valence-electron chi connectivity index (χ3n) is 3.94. The first-order chi connectivity index (χ1) is 10.8. The van der Waals surface area contributed by atoms with Crippen LogP contribution in [-0.4, -0.2) is 41.1 Å². The number of benzene rings is 1. The Bertz CT molecular complexity index is 795. The van der Waals surface area contributed by atoms with Crippen molar-refractivity contribution in [2.75, 3.05) is 26.0 Å². The van der Waals surface area contributed by atoms with Gasteiger partial charge in [-0.25, -0.2) is 0 Å². The smallest absolute Gasteiger partial charge is 0.168 e. The number of nitrogens with zero attached hydrogens (tertiary/aromatic N) is 2. The summed E-state index contributed by atoms with van der Waals surface area (Å²) in [6, 6.07) is 6.31. The third kappa shape index (κ3) is 2.09. The molecular formula is C16H16N2O2S2. The van der Waals surface area contributed by atoms with Crippen LogP contribution in [0.2, 0.25) is 0 Å². The summed E-state index contributed by atoms with van der Waals surface area (Å²) in [6.45, 7) is 1.89. The van der Waals surface area contributed by atoms with Crippen LogP contribution in [0, 0.1) is 0 Å². The first-order valence-electron chi connectivity index (χ1n) is 7.22. The molecule has 0 saturated carbocycles. The molecule has 4 rings (SSSR count). The number of aliphatic hydroxyl groups is 1. The molecule has 2 aromatic rings. The van der Waals surface area contributed by atoms with Gasteiger partial charge in [-0.2, -0.15) is 0 Å². The number of thioether (sulfide) groups is 2. The number of hydrogen-bond acceptors (Lipinski definition) is 6. The summed E-state index contributed by atoms with van der Waals surface area (Å²) in [5.41, 5.74) is 3.18. The number of furan rings is 1. The maximum absolute atomic E-state index is 9.38. The molecule has 1 N–H and O–H groups in total. The molecule has 2 aliphatic heterocycles. The minimum absolute atomic E-state index is 0.150. The summed E-state index contributed by atoms with van der Waals surface area (Å²) in [4.78, 5) is 9.21. The van der Waals surface area contributed by atoms with E-state index in [1.54, 1.807) is 29.8 Å². The lowest BCUT2D eigenvalue weighted by Gasteiger charge is -2.18. The first-order valence-corrected chi connectivity index (χ1v) is 9.26. The van der Waals surface area contributed by atoms with Crippen LogP contribution in [0.4, 0.5) is 0 Å². The van der Waals surface area contributed by atoms with E-state index in [0.29, 0.717) is 6.42 Å². The zero-order valence-corrected chi connectivity index (χ0v) is 13.8. The zero-order valence-electron chi connectivity index (χ0n) is 12.2. The molecule has 0 bridgehead atoms. The summed E-state index contributed by atoms with van der Waals surface area (Å²) in [5.74, 6) is 0. The number of amidine groups is 1. The highest BCUT2D eigenvalue weighted by atomic mass is 32.2. The summed E-state index contributed by atoms with van der Waals surface area (Å²) in [5, 5.41) is 11.6. The van der Waals surface area contributed by atoms with Crippen LogP contribution in [0.5, 0.6) is 0 Å². The molecule has 0 radical (unpaired) electrons. The van der Waals surface area contributed by atoms with E-state index in [1.807, 2.05) is 6.07 Å². The monoisotopic (exact) mass is 332 g/mol. The summed E-state index contributed by atoms with van der Waals surface area (Å²) in [7, 11) is 0.